The number of likely N-dealkylation sites (tertiary alicyclic amines) is 1. The van der Waals surface area contributed by atoms with Crippen LogP contribution in [0.4, 0.5) is 15.3 Å². The number of anilines is 1. The minimum atomic E-state index is -0.490. The van der Waals surface area contributed by atoms with E-state index < -0.39 is 11.7 Å². The molecular weight excluding hydrogens is 420 g/mol. The average Bonchev–Trinajstić information content (AvgIpc) is 2.77. The lowest BCUT2D eigenvalue weighted by Gasteiger charge is -2.33. The van der Waals surface area contributed by atoms with E-state index in [1.165, 1.54) is 5.56 Å². The molecule has 2 amide bonds. The summed E-state index contributed by atoms with van der Waals surface area (Å²) in [6.45, 7) is 9.60. The van der Waals surface area contributed by atoms with E-state index in [4.69, 9.17) is 14.2 Å². The zero-order valence-electron chi connectivity index (χ0n) is 19.9. The molecule has 1 N–H and O–H groups in total. The summed E-state index contributed by atoms with van der Waals surface area (Å²) in [5, 5.41) is 2.74. The standard InChI is InChI=1S/C26H34N2O5/c1-19-5-7-20(8-6-19)18-32-24(29)27-22-11-9-21(10-12-22)17-31-23-13-15-28(16-14-23)25(30)33-26(2,3)4/h5-12,23H,13-18H2,1-4H3,(H,27,29). The van der Waals surface area contributed by atoms with Gasteiger partial charge < -0.3 is 19.1 Å². The SMILES string of the molecule is Cc1ccc(COC(=O)Nc2ccc(COC3CCN(C(=O)OC(C)(C)C)CC3)cc2)cc1. The third-order valence-corrected chi connectivity index (χ3v) is 5.27. The lowest BCUT2D eigenvalue weighted by atomic mass is 10.1. The number of hydrogen-bond donors (Lipinski definition) is 1. The van der Waals surface area contributed by atoms with Gasteiger partial charge in [-0.25, -0.2) is 9.59 Å². The van der Waals surface area contributed by atoms with Crippen molar-refractivity contribution < 1.29 is 23.8 Å². The Kier molecular flexibility index (Phi) is 8.33. The number of nitrogens with one attached hydrogen (secondary N) is 1. The highest BCUT2D eigenvalue weighted by molar-refractivity contribution is 5.84. The van der Waals surface area contributed by atoms with Crippen LogP contribution in [0, 0.1) is 6.92 Å². The predicted octanol–water partition coefficient (Wildman–Crippen LogP) is 5.66. The number of rotatable bonds is 6. The number of carbonyl (C=O) groups excluding carboxylic acids is 2. The quantitative estimate of drug-likeness (QED) is 0.609. The minimum Gasteiger partial charge on any atom is -0.444 e. The van der Waals surface area contributed by atoms with Crippen LogP contribution in [0.1, 0.15) is 50.3 Å². The first-order chi connectivity index (χ1) is 15.7. The third-order valence-electron chi connectivity index (χ3n) is 5.27. The predicted molar refractivity (Wildman–Crippen MR) is 127 cm³/mol. The molecule has 0 atom stereocenters. The third kappa shape index (κ3) is 8.42. The summed E-state index contributed by atoms with van der Waals surface area (Å²) in [7, 11) is 0. The van der Waals surface area contributed by atoms with Crippen molar-refractivity contribution in [2.75, 3.05) is 18.4 Å². The number of hydrogen-bond acceptors (Lipinski definition) is 5. The van der Waals surface area contributed by atoms with E-state index in [1.807, 2.05) is 76.2 Å². The second-order valence-electron chi connectivity index (χ2n) is 9.36. The zero-order valence-corrected chi connectivity index (χ0v) is 19.9. The molecule has 1 aliphatic heterocycles. The smallest absolute Gasteiger partial charge is 0.411 e. The fraction of sp³-hybridized carbons (Fsp3) is 0.462. The van der Waals surface area contributed by atoms with Crippen LogP contribution in [0.3, 0.4) is 0 Å². The Morgan fingerprint density at radius 3 is 2.12 bits per heavy atom. The average molecular weight is 455 g/mol. The molecule has 0 saturated carbocycles. The number of nitrogens with zero attached hydrogens (tertiary/aromatic N) is 1. The second kappa shape index (κ2) is 11.2. The molecule has 2 aromatic rings. The topological polar surface area (TPSA) is 77.1 Å². The normalized spacial score (nSPS) is 14.6. The van der Waals surface area contributed by atoms with Crippen LogP contribution in [-0.4, -0.2) is 41.9 Å². The highest BCUT2D eigenvalue weighted by Gasteiger charge is 2.27. The molecule has 0 bridgehead atoms. The van der Waals surface area contributed by atoms with E-state index >= 15 is 0 Å². The Morgan fingerprint density at radius 1 is 0.939 bits per heavy atom. The molecule has 33 heavy (non-hydrogen) atoms. The van der Waals surface area contributed by atoms with Crippen LogP contribution in [0.25, 0.3) is 0 Å². The van der Waals surface area contributed by atoms with Crippen molar-refractivity contribution in [2.45, 2.75) is 65.5 Å². The molecule has 0 unspecified atom stereocenters. The van der Waals surface area contributed by atoms with Crippen molar-refractivity contribution in [3.05, 3.63) is 65.2 Å². The highest BCUT2D eigenvalue weighted by atomic mass is 16.6. The van der Waals surface area contributed by atoms with Crippen molar-refractivity contribution in [3.8, 4) is 0 Å². The van der Waals surface area contributed by atoms with Crippen molar-refractivity contribution in [1.82, 2.24) is 4.90 Å². The largest absolute Gasteiger partial charge is 0.444 e. The van der Waals surface area contributed by atoms with Crippen molar-refractivity contribution in [2.24, 2.45) is 0 Å². The van der Waals surface area contributed by atoms with E-state index in [1.54, 1.807) is 4.90 Å². The van der Waals surface area contributed by atoms with Crippen LogP contribution in [0.5, 0.6) is 0 Å². The molecule has 178 valence electrons. The summed E-state index contributed by atoms with van der Waals surface area (Å²) in [5.74, 6) is 0. The van der Waals surface area contributed by atoms with Gasteiger partial charge in [0.15, 0.2) is 0 Å². The molecule has 1 aliphatic rings. The van der Waals surface area contributed by atoms with E-state index in [-0.39, 0.29) is 18.8 Å². The number of aryl methyl sites for hydroxylation is 1. The summed E-state index contributed by atoms with van der Waals surface area (Å²) in [6.07, 6.45) is 0.924. The summed E-state index contributed by atoms with van der Waals surface area (Å²) < 4.78 is 16.7. The maximum Gasteiger partial charge on any atom is 0.411 e. The van der Waals surface area contributed by atoms with E-state index in [0.717, 1.165) is 24.0 Å². The Bertz CT molecular complexity index is 911. The Balaban J connectivity index is 1.36. The molecule has 0 aliphatic carbocycles. The summed E-state index contributed by atoms with van der Waals surface area (Å²) in [6, 6.07) is 15.4. The van der Waals surface area contributed by atoms with Crippen LogP contribution in [0.2, 0.25) is 0 Å². The fourth-order valence-corrected chi connectivity index (χ4v) is 3.42. The summed E-state index contributed by atoms with van der Waals surface area (Å²) in [5.41, 5.74) is 3.31. The molecule has 7 heteroatoms. The molecular formula is C26H34N2O5. The minimum absolute atomic E-state index is 0.109. The van der Waals surface area contributed by atoms with Crippen molar-refractivity contribution in [1.29, 1.82) is 0 Å². The van der Waals surface area contributed by atoms with Gasteiger partial charge in [0.1, 0.15) is 12.2 Å². The van der Waals surface area contributed by atoms with Gasteiger partial charge in [-0.15, -0.1) is 0 Å². The van der Waals surface area contributed by atoms with Crippen LogP contribution in [-0.2, 0) is 27.4 Å². The number of ether oxygens (including phenoxy) is 3. The summed E-state index contributed by atoms with van der Waals surface area (Å²) >= 11 is 0. The number of carbonyl (C=O) groups is 2. The Hall–Kier alpha value is -3.06. The van der Waals surface area contributed by atoms with Gasteiger partial charge in [-0.05, 0) is 63.8 Å². The highest BCUT2D eigenvalue weighted by Crippen LogP contribution is 2.19. The van der Waals surface area contributed by atoms with Crippen LogP contribution >= 0.6 is 0 Å². The van der Waals surface area contributed by atoms with Gasteiger partial charge >= 0.3 is 12.2 Å². The van der Waals surface area contributed by atoms with Crippen LogP contribution in [0.15, 0.2) is 48.5 Å². The number of amides is 2. The van der Waals surface area contributed by atoms with E-state index in [0.29, 0.717) is 25.4 Å². The van der Waals surface area contributed by atoms with Gasteiger partial charge in [0, 0.05) is 18.8 Å². The van der Waals surface area contributed by atoms with Gasteiger partial charge in [-0.3, -0.25) is 5.32 Å². The molecule has 2 aromatic carbocycles. The first kappa shape index (κ1) is 24.6. The first-order valence-electron chi connectivity index (χ1n) is 11.4. The van der Waals surface area contributed by atoms with Crippen molar-refractivity contribution in [3.63, 3.8) is 0 Å². The molecule has 0 aromatic heterocycles. The van der Waals surface area contributed by atoms with Crippen molar-refractivity contribution >= 4 is 17.9 Å². The maximum atomic E-state index is 12.2. The molecule has 1 heterocycles. The lowest BCUT2D eigenvalue weighted by molar-refractivity contribution is -0.0170. The molecule has 7 nitrogen and oxygen atoms in total. The monoisotopic (exact) mass is 454 g/mol. The molecule has 1 saturated heterocycles. The zero-order chi connectivity index (χ0) is 23.8. The fourth-order valence-electron chi connectivity index (χ4n) is 3.42. The molecule has 0 spiro atoms. The van der Waals surface area contributed by atoms with Gasteiger partial charge in [0.2, 0.25) is 0 Å². The first-order valence-corrected chi connectivity index (χ1v) is 11.4. The van der Waals surface area contributed by atoms with E-state index in [2.05, 4.69) is 5.32 Å². The van der Waals surface area contributed by atoms with Gasteiger partial charge in [-0.1, -0.05) is 42.0 Å². The Morgan fingerprint density at radius 2 is 1.52 bits per heavy atom. The van der Waals surface area contributed by atoms with E-state index in [9.17, 15) is 9.59 Å². The molecule has 0 radical (unpaired) electrons. The number of benzene rings is 2. The molecule has 3 rings (SSSR count). The number of piperidine rings is 1. The summed E-state index contributed by atoms with van der Waals surface area (Å²) in [4.78, 5) is 25.9. The maximum absolute atomic E-state index is 12.2. The lowest BCUT2D eigenvalue weighted by Crippen LogP contribution is -2.43. The van der Waals surface area contributed by atoms with Gasteiger partial charge in [0.25, 0.3) is 0 Å². The van der Waals surface area contributed by atoms with Gasteiger partial charge in [0.05, 0.1) is 12.7 Å². The second-order valence-corrected chi connectivity index (χ2v) is 9.36. The van der Waals surface area contributed by atoms with Gasteiger partial charge in [-0.2, -0.15) is 0 Å². The Labute approximate surface area is 196 Å². The van der Waals surface area contributed by atoms with Crippen LogP contribution < -0.4 is 5.32 Å². The molecule has 1 fully saturated rings.